The van der Waals surface area contributed by atoms with Crippen molar-refractivity contribution in [1.82, 2.24) is 15.5 Å². The number of aryl methyl sites for hydroxylation is 2. The number of hydrogen-bond donors (Lipinski definition) is 2. The highest BCUT2D eigenvalue weighted by Crippen LogP contribution is 2.38. The summed E-state index contributed by atoms with van der Waals surface area (Å²) in [4.78, 5) is 17.4. The Morgan fingerprint density at radius 3 is 2.36 bits per heavy atom. The predicted octanol–water partition coefficient (Wildman–Crippen LogP) is 4.49. The van der Waals surface area contributed by atoms with Gasteiger partial charge in [-0.15, -0.1) is 0 Å². The third kappa shape index (κ3) is 5.24. The number of carbonyl (C=O) groups excluding carboxylic acids is 1. The third-order valence-electron chi connectivity index (χ3n) is 5.81. The number of aromatic nitrogens is 2. The molecule has 1 aromatic heterocycles. The van der Waals surface area contributed by atoms with Gasteiger partial charge in [-0.25, -0.2) is 8.42 Å². The van der Waals surface area contributed by atoms with E-state index in [2.05, 4.69) is 20.2 Å². The van der Waals surface area contributed by atoms with Crippen LogP contribution in [-0.4, -0.2) is 24.5 Å². The molecule has 0 radical (unpaired) electrons. The number of benzene rings is 2. The van der Waals surface area contributed by atoms with Crippen LogP contribution in [0.1, 0.15) is 71.8 Å². The Morgan fingerprint density at radius 1 is 1.06 bits per heavy atom. The van der Waals surface area contributed by atoms with Crippen molar-refractivity contribution < 1.29 is 17.7 Å². The Bertz CT molecular complexity index is 1260. The molecule has 0 spiro atoms. The average molecular weight is 469 g/mol. The van der Waals surface area contributed by atoms with E-state index in [4.69, 9.17) is 4.52 Å². The zero-order valence-electron chi connectivity index (χ0n) is 19.1. The molecule has 1 heterocycles. The number of rotatable bonds is 8. The molecule has 1 unspecified atom stereocenters. The molecule has 2 N–H and O–H groups in total. The minimum Gasteiger partial charge on any atom is -0.340 e. The smallest absolute Gasteiger partial charge is 0.261 e. The summed E-state index contributed by atoms with van der Waals surface area (Å²) in [6.07, 6.45) is 2.12. The number of anilines is 1. The molecular formula is C24H28N4O4S. The lowest BCUT2D eigenvalue weighted by Gasteiger charge is -2.18. The molecule has 3 aromatic rings. The predicted molar refractivity (Wildman–Crippen MR) is 124 cm³/mol. The number of carbonyl (C=O) groups is 1. The number of amides is 1. The van der Waals surface area contributed by atoms with Crippen LogP contribution in [0.4, 0.5) is 5.69 Å². The monoisotopic (exact) mass is 468 g/mol. The molecule has 0 saturated heterocycles. The molecular weight excluding hydrogens is 440 g/mol. The van der Waals surface area contributed by atoms with Crippen LogP contribution in [0.5, 0.6) is 0 Å². The molecule has 33 heavy (non-hydrogen) atoms. The molecule has 1 saturated carbocycles. The van der Waals surface area contributed by atoms with Crippen molar-refractivity contribution in [2.75, 3.05) is 4.72 Å². The maximum Gasteiger partial charge on any atom is 0.261 e. The van der Waals surface area contributed by atoms with Crippen molar-refractivity contribution in [1.29, 1.82) is 0 Å². The van der Waals surface area contributed by atoms with Crippen molar-refractivity contribution in [3.63, 3.8) is 0 Å². The van der Waals surface area contributed by atoms with Gasteiger partial charge in [-0.3, -0.25) is 9.52 Å². The van der Waals surface area contributed by atoms with E-state index in [0.717, 1.165) is 24.0 Å². The highest BCUT2D eigenvalue weighted by molar-refractivity contribution is 7.92. The summed E-state index contributed by atoms with van der Waals surface area (Å²) >= 11 is 0. The topological polar surface area (TPSA) is 114 Å². The average Bonchev–Trinajstić information content (AvgIpc) is 3.51. The molecule has 1 aliphatic rings. The van der Waals surface area contributed by atoms with Gasteiger partial charge in [0.1, 0.15) is 6.04 Å². The van der Waals surface area contributed by atoms with E-state index in [1.807, 2.05) is 33.8 Å². The molecule has 2 aromatic carbocycles. The molecule has 4 rings (SSSR count). The van der Waals surface area contributed by atoms with E-state index >= 15 is 0 Å². The van der Waals surface area contributed by atoms with E-state index in [-0.39, 0.29) is 16.7 Å². The Kier molecular flexibility index (Phi) is 6.25. The van der Waals surface area contributed by atoms with E-state index < -0.39 is 16.1 Å². The van der Waals surface area contributed by atoms with Crippen LogP contribution in [0.3, 0.4) is 0 Å². The van der Waals surface area contributed by atoms with Crippen LogP contribution < -0.4 is 10.0 Å². The van der Waals surface area contributed by atoms with Crippen LogP contribution in [0, 0.1) is 19.8 Å². The van der Waals surface area contributed by atoms with E-state index in [1.54, 1.807) is 12.1 Å². The third-order valence-corrected chi connectivity index (χ3v) is 7.20. The maximum atomic E-state index is 12.8. The van der Waals surface area contributed by atoms with E-state index in [9.17, 15) is 13.2 Å². The maximum absolute atomic E-state index is 12.8. The summed E-state index contributed by atoms with van der Waals surface area (Å²) in [5.74, 6) is 1.12. The molecule has 1 fully saturated rings. The molecule has 0 aliphatic heterocycles. The van der Waals surface area contributed by atoms with Gasteiger partial charge in [-0.2, -0.15) is 4.98 Å². The lowest BCUT2D eigenvalue weighted by atomic mass is 10.0. The fourth-order valence-electron chi connectivity index (χ4n) is 3.42. The molecule has 1 amide bonds. The van der Waals surface area contributed by atoms with Crippen molar-refractivity contribution in [2.45, 2.75) is 57.4 Å². The summed E-state index contributed by atoms with van der Waals surface area (Å²) in [6.45, 7) is 7.80. The van der Waals surface area contributed by atoms with Crippen LogP contribution in [0.25, 0.3) is 0 Å². The van der Waals surface area contributed by atoms with Crippen molar-refractivity contribution in [3.8, 4) is 0 Å². The number of nitrogens with zero attached hydrogens (tertiary/aromatic N) is 2. The zero-order chi connectivity index (χ0) is 23.8. The van der Waals surface area contributed by atoms with Gasteiger partial charge in [-0.1, -0.05) is 25.1 Å². The van der Waals surface area contributed by atoms with Crippen LogP contribution in [-0.2, 0) is 10.0 Å². The van der Waals surface area contributed by atoms with Crippen molar-refractivity contribution in [3.05, 3.63) is 70.9 Å². The van der Waals surface area contributed by atoms with Gasteiger partial charge in [0.05, 0.1) is 4.90 Å². The molecule has 8 nitrogen and oxygen atoms in total. The van der Waals surface area contributed by atoms with Gasteiger partial charge < -0.3 is 9.84 Å². The largest absolute Gasteiger partial charge is 0.340 e. The molecule has 1 aliphatic carbocycles. The Labute approximate surface area is 193 Å². The van der Waals surface area contributed by atoms with Crippen molar-refractivity contribution >= 4 is 21.6 Å². The standard InChI is InChI=1S/C24H28N4O4S/c1-14(2)21(24-26-22(27-32-24)17-6-7-17)25-23(29)18-8-11-20(12-9-18)33(30,31)28-19-10-5-15(3)16(4)13-19/h5,8-14,17,21,28H,6-7H2,1-4H3,(H,25,29). The first-order chi connectivity index (χ1) is 15.6. The van der Waals surface area contributed by atoms with E-state index in [1.165, 1.54) is 24.3 Å². The first-order valence-corrected chi connectivity index (χ1v) is 12.5. The quantitative estimate of drug-likeness (QED) is 0.503. The Morgan fingerprint density at radius 2 is 1.76 bits per heavy atom. The second-order valence-electron chi connectivity index (χ2n) is 8.89. The van der Waals surface area contributed by atoms with Crippen molar-refractivity contribution in [2.24, 2.45) is 5.92 Å². The molecule has 0 bridgehead atoms. The minimum absolute atomic E-state index is 0.0308. The van der Waals surface area contributed by atoms with Crippen LogP contribution >= 0.6 is 0 Å². The molecule has 9 heteroatoms. The summed E-state index contributed by atoms with van der Waals surface area (Å²) in [7, 11) is -3.78. The lowest BCUT2D eigenvalue weighted by Crippen LogP contribution is -2.32. The number of sulfonamides is 1. The minimum atomic E-state index is -3.78. The first kappa shape index (κ1) is 23.0. The lowest BCUT2D eigenvalue weighted by molar-refractivity contribution is 0.0914. The molecule has 174 valence electrons. The fourth-order valence-corrected chi connectivity index (χ4v) is 4.47. The summed E-state index contributed by atoms with van der Waals surface area (Å²) in [5.41, 5.74) is 2.90. The summed E-state index contributed by atoms with van der Waals surface area (Å²) in [5, 5.41) is 6.96. The Balaban J connectivity index is 1.46. The van der Waals surface area contributed by atoms with Crippen LogP contribution in [0.15, 0.2) is 51.9 Å². The fraction of sp³-hybridized carbons (Fsp3) is 0.375. The van der Waals surface area contributed by atoms with Gasteiger partial charge in [0.15, 0.2) is 5.82 Å². The number of nitrogens with one attached hydrogen (secondary N) is 2. The van der Waals surface area contributed by atoms with Gasteiger partial charge in [0.2, 0.25) is 5.89 Å². The van der Waals surface area contributed by atoms with Crippen LogP contribution in [0.2, 0.25) is 0 Å². The highest BCUT2D eigenvalue weighted by Gasteiger charge is 2.31. The van der Waals surface area contributed by atoms with Gasteiger partial charge in [0, 0.05) is 17.2 Å². The zero-order valence-corrected chi connectivity index (χ0v) is 19.9. The second-order valence-corrected chi connectivity index (χ2v) is 10.6. The normalized spacial score (nSPS) is 14.8. The first-order valence-electron chi connectivity index (χ1n) is 11.0. The highest BCUT2D eigenvalue weighted by atomic mass is 32.2. The van der Waals surface area contributed by atoms with Gasteiger partial charge in [-0.05, 0) is 80.1 Å². The second kappa shape index (κ2) is 8.97. The number of hydrogen-bond acceptors (Lipinski definition) is 6. The Hall–Kier alpha value is -3.20. The summed E-state index contributed by atoms with van der Waals surface area (Å²) in [6, 6.07) is 10.7. The SMILES string of the molecule is Cc1ccc(NS(=O)(=O)c2ccc(C(=O)NC(c3nc(C4CC4)no3)C(C)C)cc2)cc1C. The van der Waals surface area contributed by atoms with Gasteiger partial charge in [0.25, 0.3) is 15.9 Å². The van der Waals surface area contributed by atoms with E-state index in [0.29, 0.717) is 28.9 Å². The molecule has 1 atom stereocenters. The van der Waals surface area contributed by atoms with Gasteiger partial charge >= 0.3 is 0 Å². The summed E-state index contributed by atoms with van der Waals surface area (Å²) < 4.78 is 33.5.